The molecule has 5 rings (SSSR count). The van der Waals surface area contributed by atoms with Crippen LogP contribution in [0.25, 0.3) is 10.2 Å². The van der Waals surface area contributed by atoms with Crippen molar-refractivity contribution in [2.75, 3.05) is 29.5 Å². The van der Waals surface area contributed by atoms with Crippen molar-refractivity contribution in [3.05, 3.63) is 47.1 Å². The van der Waals surface area contributed by atoms with Gasteiger partial charge >= 0.3 is 6.09 Å². The van der Waals surface area contributed by atoms with E-state index >= 15 is 0 Å². The molecule has 3 aromatic rings. The number of fused-ring (bicyclic) bond motifs is 2. The van der Waals surface area contributed by atoms with Gasteiger partial charge in [-0.1, -0.05) is 12.1 Å². The van der Waals surface area contributed by atoms with Crippen LogP contribution in [0.4, 0.5) is 16.3 Å². The summed E-state index contributed by atoms with van der Waals surface area (Å²) in [6, 6.07) is 8.26. The fourth-order valence-electron chi connectivity index (χ4n) is 3.66. The number of carbonyl (C=O) groups excluding carboxylic acids is 1. The Balaban J connectivity index is 1.51. The summed E-state index contributed by atoms with van der Waals surface area (Å²) < 4.78 is 5.10. The molecule has 1 aromatic carbocycles. The molecule has 0 bridgehead atoms. The van der Waals surface area contributed by atoms with Crippen molar-refractivity contribution in [2.24, 2.45) is 0 Å². The average molecular weight is 352 g/mol. The van der Waals surface area contributed by atoms with Gasteiger partial charge < -0.3 is 9.64 Å². The Kier molecular flexibility index (Phi) is 3.34. The van der Waals surface area contributed by atoms with E-state index in [0.717, 1.165) is 41.2 Å². The number of benzene rings is 1. The predicted octanol–water partition coefficient (Wildman–Crippen LogP) is 3.21. The standard InChI is InChI=1S/C18H16N4O2S/c23-18-22(7-8-24-18)15-3-1-2-12-10-21(6-4-13(12)15)16-14-5-9-25-17(14)20-11-19-16/h1-3,5,9,11H,4,6-8,10H2. The maximum Gasteiger partial charge on any atom is 0.414 e. The number of cyclic esters (lactones) is 1. The molecule has 0 N–H and O–H groups in total. The van der Waals surface area contributed by atoms with Crippen LogP contribution in [0.1, 0.15) is 11.1 Å². The molecule has 25 heavy (non-hydrogen) atoms. The Morgan fingerprint density at radius 3 is 3.00 bits per heavy atom. The highest BCUT2D eigenvalue weighted by atomic mass is 32.1. The first-order chi connectivity index (χ1) is 12.3. The van der Waals surface area contributed by atoms with E-state index in [1.165, 1.54) is 11.1 Å². The second kappa shape index (κ2) is 5.70. The zero-order valence-electron chi connectivity index (χ0n) is 13.5. The highest BCUT2D eigenvalue weighted by Crippen LogP contribution is 2.34. The molecule has 1 amide bonds. The number of rotatable bonds is 2. The van der Waals surface area contributed by atoms with Crippen LogP contribution in [-0.4, -0.2) is 35.8 Å². The van der Waals surface area contributed by atoms with Gasteiger partial charge in [0.05, 0.1) is 17.6 Å². The summed E-state index contributed by atoms with van der Waals surface area (Å²) in [6.45, 7) is 2.75. The number of aromatic nitrogens is 2. The molecule has 0 atom stereocenters. The molecule has 2 aromatic heterocycles. The van der Waals surface area contributed by atoms with Gasteiger partial charge in [0, 0.05) is 13.1 Å². The number of hydrogen-bond acceptors (Lipinski definition) is 6. The molecule has 2 aliphatic rings. The number of ether oxygens (including phenoxy) is 1. The van der Waals surface area contributed by atoms with Crippen LogP contribution >= 0.6 is 11.3 Å². The average Bonchev–Trinajstić information content (AvgIpc) is 3.29. The van der Waals surface area contributed by atoms with E-state index in [-0.39, 0.29) is 6.09 Å². The SMILES string of the molecule is O=C1OCCN1c1cccc2c1CCN(c1ncnc3sccc13)C2. The zero-order valence-corrected chi connectivity index (χ0v) is 14.3. The smallest absolute Gasteiger partial charge is 0.414 e. The van der Waals surface area contributed by atoms with Gasteiger partial charge in [-0.3, -0.25) is 4.90 Å². The molecule has 6 nitrogen and oxygen atoms in total. The highest BCUT2D eigenvalue weighted by Gasteiger charge is 2.29. The summed E-state index contributed by atoms with van der Waals surface area (Å²) in [5, 5.41) is 3.16. The van der Waals surface area contributed by atoms with E-state index < -0.39 is 0 Å². The first-order valence-corrected chi connectivity index (χ1v) is 9.17. The molecule has 1 saturated heterocycles. The lowest BCUT2D eigenvalue weighted by molar-refractivity contribution is 0.181. The van der Waals surface area contributed by atoms with Gasteiger partial charge in [-0.2, -0.15) is 0 Å². The molecule has 7 heteroatoms. The van der Waals surface area contributed by atoms with E-state index in [0.29, 0.717) is 13.2 Å². The maximum absolute atomic E-state index is 11.9. The third kappa shape index (κ3) is 2.34. The first kappa shape index (κ1) is 14.7. The van der Waals surface area contributed by atoms with Gasteiger partial charge in [-0.05, 0) is 35.1 Å². The van der Waals surface area contributed by atoms with Crippen molar-refractivity contribution in [2.45, 2.75) is 13.0 Å². The third-order valence-corrected chi connectivity index (χ3v) is 5.65. The van der Waals surface area contributed by atoms with Crippen molar-refractivity contribution >= 4 is 39.2 Å². The van der Waals surface area contributed by atoms with Gasteiger partial charge in [-0.25, -0.2) is 14.8 Å². The van der Waals surface area contributed by atoms with Crippen molar-refractivity contribution in [3.63, 3.8) is 0 Å². The summed E-state index contributed by atoms with van der Waals surface area (Å²) >= 11 is 1.63. The van der Waals surface area contributed by atoms with Gasteiger partial charge in [0.1, 0.15) is 23.6 Å². The van der Waals surface area contributed by atoms with E-state index in [4.69, 9.17) is 4.74 Å². The van der Waals surface area contributed by atoms with Crippen LogP contribution in [0.2, 0.25) is 0 Å². The Morgan fingerprint density at radius 1 is 1.16 bits per heavy atom. The summed E-state index contributed by atoms with van der Waals surface area (Å²) in [6.07, 6.45) is 2.28. The number of thiophene rings is 1. The minimum atomic E-state index is -0.244. The number of amides is 1. The quantitative estimate of drug-likeness (QED) is 0.709. The summed E-state index contributed by atoms with van der Waals surface area (Å²) in [5.74, 6) is 0.989. The Morgan fingerprint density at radius 2 is 2.12 bits per heavy atom. The third-order valence-electron chi connectivity index (χ3n) is 4.83. The minimum absolute atomic E-state index is 0.244. The van der Waals surface area contributed by atoms with E-state index in [9.17, 15) is 4.79 Å². The molecule has 2 aliphatic heterocycles. The molecule has 0 aliphatic carbocycles. The van der Waals surface area contributed by atoms with Gasteiger partial charge in [-0.15, -0.1) is 11.3 Å². The Labute approximate surface area is 148 Å². The van der Waals surface area contributed by atoms with Gasteiger partial charge in [0.25, 0.3) is 0 Å². The van der Waals surface area contributed by atoms with Crippen LogP contribution in [0.3, 0.4) is 0 Å². The molecule has 0 saturated carbocycles. The van der Waals surface area contributed by atoms with Gasteiger partial charge in [0.15, 0.2) is 0 Å². The fourth-order valence-corrected chi connectivity index (χ4v) is 4.39. The second-order valence-corrected chi connectivity index (χ2v) is 7.08. The lowest BCUT2D eigenvalue weighted by Gasteiger charge is -2.32. The summed E-state index contributed by atoms with van der Waals surface area (Å²) in [4.78, 5) is 25.9. The molecule has 0 unspecified atom stereocenters. The fraction of sp³-hybridized carbons (Fsp3) is 0.278. The number of hydrogen-bond donors (Lipinski definition) is 0. The van der Waals surface area contributed by atoms with Crippen molar-refractivity contribution in [1.82, 2.24) is 9.97 Å². The predicted molar refractivity (Wildman–Crippen MR) is 97.3 cm³/mol. The largest absolute Gasteiger partial charge is 0.447 e. The molecular formula is C18H16N4O2S. The van der Waals surface area contributed by atoms with Crippen LogP contribution in [-0.2, 0) is 17.7 Å². The van der Waals surface area contributed by atoms with Crippen LogP contribution in [0.5, 0.6) is 0 Å². The van der Waals surface area contributed by atoms with E-state index in [2.05, 4.69) is 32.4 Å². The molecule has 126 valence electrons. The number of carbonyl (C=O) groups is 1. The van der Waals surface area contributed by atoms with Crippen molar-refractivity contribution in [3.8, 4) is 0 Å². The van der Waals surface area contributed by atoms with E-state index in [1.54, 1.807) is 22.6 Å². The molecular weight excluding hydrogens is 336 g/mol. The molecule has 0 spiro atoms. The first-order valence-electron chi connectivity index (χ1n) is 8.29. The topological polar surface area (TPSA) is 58.6 Å². The van der Waals surface area contributed by atoms with Crippen LogP contribution in [0.15, 0.2) is 36.0 Å². The summed E-state index contributed by atoms with van der Waals surface area (Å²) in [5.41, 5.74) is 3.47. The Bertz CT molecular complexity index is 971. The van der Waals surface area contributed by atoms with Crippen LogP contribution in [0, 0.1) is 0 Å². The molecule has 0 radical (unpaired) electrons. The highest BCUT2D eigenvalue weighted by molar-refractivity contribution is 7.16. The van der Waals surface area contributed by atoms with E-state index in [1.807, 2.05) is 12.1 Å². The second-order valence-electron chi connectivity index (χ2n) is 6.19. The zero-order chi connectivity index (χ0) is 16.8. The van der Waals surface area contributed by atoms with Crippen molar-refractivity contribution < 1.29 is 9.53 Å². The maximum atomic E-state index is 11.9. The number of anilines is 2. The normalized spacial score (nSPS) is 17.0. The minimum Gasteiger partial charge on any atom is -0.447 e. The summed E-state index contributed by atoms with van der Waals surface area (Å²) in [7, 11) is 0. The molecule has 4 heterocycles. The van der Waals surface area contributed by atoms with Crippen LogP contribution < -0.4 is 9.80 Å². The Hall–Kier alpha value is -2.67. The van der Waals surface area contributed by atoms with Gasteiger partial charge in [0.2, 0.25) is 0 Å². The number of nitrogens with zero attached hydrogens (tertiary/aromatic N) is 4. The lowest BCUT2D eigenvalue weighted by Crippen LogP contribution is -2.33. The lowest BCUT2D eigenvalue weighted by atomic mass is 9.97. The van der Waals surface area contributed by atoms with Crippen molar-refractivity contribution in [1.29, 1.82) is 0 Å². The monoisotopic (exact) mass is 352 g/mol. The molecule has 1 fully saturated rings.